The van der Waals surface area contributed by atoms with E-state index >= 15 is 0 Å². The fraction of sp³-hybridized carbons (Fsp3) is 0.182. The molecule has 2 aromatic rings. The van der Waals surface area contributed by atoms with E-state index in [0.717, 1.165) is 10.0 Å². The van der Waals surface area contributed by atoms with Crippen molar-refractivity contribution in [2.75, 3.05) is 0 Å². The SMILES string of the molecule is Cc1ccc(Br)cc1C(=O)NCc1ncon1. The van der Waals surface area contributed by atoms with Gasteiger partial charge in [-0.05, 0) is 24.6 Å². The monoisotopic (exact) mass is 295 g/mol. The molecule has 0 unspecified atom stereocenters. The highest BCUT2D eigenvalue weighted by Crippen LogP contribution is 2.15. The maximum absolute atomic E-state index is 11.9. The van der Waals surface area contributed by atoms with Crippen molar-refractivity contribution in [2.24, 2.45) is 0 Å². The summed E-state index contributed by atoms with van der Waals surface area (Å²) in [5.74, 6) is 0.291. The Hall–Kier alpha value is -1.69. The zero-order valence-electron chi connectivity index (χ0n) is 9.11. The van der Waals surface area contributed by atoms with Crippen molar-refractivity contribution in [2.45, 2.75) is 13.5 Å². The maximum atomic E-state index is 11.9. The molecule has 17 heavy (non-hydrogen) atoms. The summed E-state index contributed by atoms with van der Waals surface area (Å²) >= 11 is 3.33. The topological polar surface area (TPSA) is 68.0 Å². The summed E-state index contributed by atoms with van der Waals surface area (Å²) in [5.41, 5.74) is 1.54. The number of hydrogen-bond donors (Lipinski definition) is 1. The molecule has 6 heteroatoms. The van der Waals surface area contributed by atoms with Crippen LogP contribution in [0, 0.1) is 6.92 Å². The van der Waals surface area contributed by atoms with Crippen LogP contribution in [0.15, 0.2) is 33.6 Å². The van der Waals surface area contributed by atoms with Crippen molar-refractivity contribution in [3.8, 4) is 0 Å². The highest BCUT2D eigenvalue weighted by atomic mass is 79.9. The second-order valence-electron chi connectivity index (χ2n) is 3.49. The molecule has 0 aliphatic carbocycles. The van der Waals surface area contributed by atoms with Crippen LogP contribution in [0.3, 0.4) is 0 Å². The Kier molecular flexibility index (Phi) is 3.53. The van der Waals surface area contributed by atoms with Gasteiger partial charge in [0.1, 0.15) is 0 Å². The number of aryl methyl sites for hydroxylation is 1. The number of nitrogens with one attached hydrogen (secondary N) is 1. The van der Waals surface area contributed by atoms with Gasteiger partial charge >= 0.3 is 0 Å². The van der Waals surface area contributed by atoms with Crippen LogP contribution in [0.25, 0.3) is 0 Å². The van der Waals surface area contributed by atoms with Crippen molar-refractivity contribution < 1.29 is 9.32 Å². The maximum Gasteiger partial charge on any atom is 0.251 e. The molecule has 0 saturated heterocycles. The lowest BCUT2D eigenvalue weighted by atomic mass is 10.1. The average Bonchev–Trinajstić information content (AvgIpc) is 2.82. The van der Waals surface area contributed by atoms with E-state index in [1.54, 1.807) is 6.07 Å². The van der Waals surface area contributed by atoms with Crippen molar-refractivity contribution in [1.82, 2.24) is 15.5 Å². The number of hydrogen-bond acceptors (Lipinski definition) is 4. The van der Waals surface area contributed by atoms with Gasteiger partial charge in [0.2, 0.25) is 6.39 Å². The second kappa shape index (κ2) is 5.09. The lowest BCUT2D eigenvalue weighted by Crippen LogP contribution is -2.24. The van der Waals surface area contributed by atoms with Gasteiger partial charge in [-0.15, -0.1) is 0 Å². The van der Waals surface area contributed by atoms with E-state index in [1.807, 2.05) is 19.1 Å². The summed E-state index contributed by atoms with van der Waals surface area (Å²) in [4.78, 5) is 15.7. The van der Waals surface area contributed by atoms with E-state index < -0.39 is 0 Å². The lowest BCUT2D eigenvalue weighted by Gasteiger charge is -2.06. The standard InChI is InChI=1S/C11H10BrN3O2/c1-7-2-3-8(12)4-9(7)11(16)13-5-10-14-6-17-15-10/h2-4,6H,5H2,1H3,(H,13,16). The molecule has 0 radical (unpaired) electrons. The van der Waals surface area contributed by atoms with Gasteiger partial charge in [-0.3, -0.25) is 4.79 Å². The summed E-state index contributed by atoms with van der Waals surface area (Å²) < 4.78 is 5.44. The van der Waals surface area contributed by atoms with Crippen LogP contribution in [0.4, 0.5) is 0 Å². The zero-order chi connectivity index (χ0) is 12.3. The summed E-state index contributed by atoms with van der Waals surface area (Å²) in [7, 11) is 0. The van der Waals surface area contributed by atoms with E-state index in [9.17, 15) is 4.79 Å². The van der Waals surface area contributed by atoms with E-state index in [-0.39, 0.29) is 12.5 Å². The highest BCUT2D eigenvalue weighted by molar-refractivity contribution is 9.10. The first kappa shape index (κ1) is 11.8. The van der Waals surface area contributed by atoms with E-state index in [1.165, 1.54) is 6.39 Å². The van der Waals surface area contributed by atoms with Crippen molar-refractivity contribution in [3.63, 3.8) is 0 Å². The van der Waals surface area contributed by atoms with Gasteiger partial charge in [-0.25, -0.2) is 0 Å². The normalized spacial score (nSPS) is 10.2. The number of halogens is 1. The number of carbonyl (C=O) groups is 1. The zero-order valence-corrected chi connectivity index (χ0v) is 10.7. The molecule has 5 nitrogen and oxygen atoms in total. The molecule has 0 spiro atoms. The van der Waals surface area contributed by atoms with Crippen LogP contribution in [-0.4, -0.2) is 16.0 Å². The minimum atomic E-state index is -0.159. The Labute approximate surface area is 106 Å². The Bertz CT molecular complexity index is 526. The summed E-state index contributed by atoms with van der Waals surface area (Å²) in [6.45, 7) is 2.14. The van der Waals surface area contributed by atoms with Gasteiger partial charge in [-0.2, -0.15) is 4.98 Å². The van der Waals surface area contributed by atoms with Crippen LogP contribution in [0.2, 0.25) is 0 Å². The molecule has 0 aliphatic heterocycles. The quantitative estimate of drug-likeness (QED) is 0.941. The second-order valence-corrected chi connectivity index (χ2v) is 4.41. The van der Waals surface area contributed by atoms with Crippen LogP contribution in [0.5, 0.6) is 0 Å². The lowest BCUT2D eigenvalue weighted by molar-refractivity contribution is 0.0949. The van der Waals surface area contributed by atoms with Crippen LogP contribution >= 0.6 is 15.9 Å². The number of rotatable bonds is 3. The largest absolute Gasteiger partial charge is 0.345 e. The Morgan fingerprint density at radius 2 is 2.35 bits per heavy atom. The number of nitrogens with zero attached hydrogens (tertiary/aromatic N) is 2. The molecule has 0 atom stereocenters. The van der Waals surface area contributed by atoms with E-state index in [2.05, 4.69) is 35.9 Å². The molecule has 0 bridgehead atoms. The molecule has 0 aliphatic rings. The Balaban J connectivity index is 2.07. The minimum absolute atomic E-state index is 0.159. The van der Waals surface area contributed by atoms with Crippen molar-refractivity contribution in [3.05, 3.63) is 46.0 Å². The number of amides is 1. The molecule has 0 saturated carbocycles. The van der Waals surface area contributed by atoms with Crippen molar-refractivity contribution >= 4 is 21.8 Å². The van der Waals surface area contributed by atoms with E-state index in [4.69, 9.17) is 0 Å². The van der Waals surface area contributed by atoms with Gasteiger partial charge in [0, 0.05) is 10.0 Å². The first-order valence-electron chi connectivity index (χ1n) is 4.96. The third kappa shape index (κ3) is 2.91. The van der Waals surface area contributed by atoms with Gasteiger partial charge < -0.3 is 9.84 Å². The predicted molar refractivity (Wildman–Crippen MR) is 64.3 cm³/mol. The van der Waals surface area contributed by atoms with Gasteiger partial charge in [-0.1, -0.05) is 27.2 Å². The number of benzene rings is 1. The fourth-order valence-electron chi connectivity index (χ4n) is 1.36. The third-order valence-electron chi connectivity index (χ3n) is 2.26. The summed E-state index contributed by atoms with van der Waals surface area (Å²) in [5, 5.41) is 6.34. The molecular formula is C11H10BrN3O2. The first-order chi connectivity index (χ1) is 8.16. The Morgan fingerprint density at radius 3 is 3.06 bits per heavy atom. The first-order valence-corrected chi connectivity index (χ1v) is 5.75. The van der Waals surface area contributed by atoms with Gasteiger partial charge in [0.05, 0.1) is 6.54 Å². The number of carbonyl (C=O) groups excluding carboxylic acids is 1. The molecule has 1 N–H and O–H groups in total. The molecule has 1 amide bonds. The third-order valence-corrected chi connectivity index (χ3v) is 2.75. The highest BCUT2D eigenvalue weighted by Gasteiger charge is 2.10. The molecular weight excluding hydrogens is 286 g/mol. The molecule has 2 rings (SSSR count). The van der Waals surface area contributed by atoms with Crippen LogP contribution < -0.4 is 5.32 Å². The van der Waals surface area contributed by atoms with Crippen LogP contribution in [0.1, 0.15) is 21.7 Å². The fourth-order valence-corrected chi connectivity index (χ4v) is 1.72. The number of aromatic nitrogens is 2. The van der Waals surface area contributed by atoms with Crippen molar-refractivity contribution in [1.29, 1.82) is 0 Å². The summed E-state index contributed by atoms with van der Waals surface area (Å²) in [6.07, 6.45) is 1.23. The Morgan fingerprint density at radius 1 is 1.53 bits per heavy atom. The molecule has 88 valence electrons. The summed E-state index contributed by atoms with van der Waals surface area (Å²) in [6, 6.07) is 5.56. The van der Waals surface area contributed by atoms with Gasteiger partial charge in [0.15, 0.2) is 5.82 Å². The molecule has 1 heterocycles. The smallest absolute Gasteiger partial charge is 0.251 e. The molecule has 0 fully saturated rings. The molecule has 1 aromatic heterocycles. The van der Waals surface area contributed by atoms with E-state index in [0.29, 0.717) is 11.4 Å². The van der Waals surface area contributed by atoms with Gasteiger partial charge in [0.25, 0.3) is 5.91 Å². The van der Waals surface area contributed by atoms with Crippen LogP contribution in [-0.2, 0) is 6.54 Å². The minimum Gasteiger partial charge on any atom is -0.345 e. The average molecular weight is 296 g/mol. The molecule has 1 aromatic carbocycles. The predicted octanol–water partition coefficient (Wildman–Crippen LogP) is 2.07.